The lowest BCUT2D eigenvalue weighted by atomic mass is 10.0. The summed E-state index contributed by atoms with van der Waals surface area (Å²) in [4.78, 5) is 20.8. The number of carboxylic acids is 2. The number of carboxylic acid groups (broad SMARTS) is 2. The van der Waals surface area contributed by atoms with Crippen molar-refractivity contribution in [3.8, 4) is 0 Å². The van der Waals surface area contributed by atoms with E-state index in [-0.39, 0.29) is 0 Å². The van der Waals surface area contributed by atoms with E-state index in [0.717, 1.165) is 32.2 Å². The molecule has 0 rings (SSSR count). The highest BCUT2D eigenvalue weighted by atomic mass is 16.4. The van der Waals surface area contributed by atoms with Gasteiger partial charge < -0.3 is 15.9 Å². The summed E-state index contributed by atoms with van der Waals surface area (Å²) in [5, 5.41) is 17.2. The molecule has 0 aliphatic rings. The maximum atomic E-state index is 10.4. The van der Waals surface area contributed by atoms with E-state index in [1.807, 2.05) is 0 Å². The first kappa shape index (κ1) is 88.1. The molecule has 0 fully saturated rings. The molecule has 0 spiro atoms. The second-order valence-corrected chi connectivity index (χ2v) is 27.5. The van der Waals surface area contributed by atoms with Crippen LogP contribution in [0.4, 0.5) is 0 Å². The van der Waals surface area contributed by atoms with E-state index in [9.17, 15) is 9.59 Å². The molecule has 0 amide bonds. The van der Waals surface area contributed by atoms with Crippen molar-refractivity contribution in [1.82, 2.24) is 0 Å². The molecular weight excluding hydrogens is 1040 g/mol. The molecule has 0 atom stereocenters. The van der Waals surface area contributed by atoms with Gasteiger partial charge in [-0.15, -0.1) is 0 Å². The van der Waals surface area contributed by atoms with Gasteiger partial charge in [0.1, 0.15) is 0 Å². The minimum atomic E-state index is -0.649. The first-order chi connectivity index (χ1) is 42.0. The lowest BCUT2D eigenvalue weighted by molar-refractivity contribution is -0.138. The fourth-order valence-corrected chi connectivity index (χ4v) is 12.6. The Balaban J connectivity index is -0.00000119. The molecule has 4 N–H and O–H groups in total. The van der Waals surface area contributed by atoms with Crippen LogP contribution in [0.5, 0.6) is 0 Å². The van der Waals surface area contributed by atoms with E-state index in [1.165, 1.54) is 437 Å². The summed E-state index contributed by atoms with van der Waals surface area (Å²) in [6, 6.07) is 0. The van der Waals surface area contributed by atoms with Crippen LogP contribution in [0.25, 0.3) is 0 Å². The lowest BCUT2D eigenvalue weighted by Crippen LogP contribution is -1.97. The van der Waals surface area contributed by atoms with Crippen LogP contribution in [0, 0.1) is 0 Å². The van der Waals surface area contributed by atoms with E-state index in [0.29, 0.717) is 12.8 Å². The average Bonchev–Trinajstić information content (AvgIpc) is 3.49. The van der Waals surface area contributed by atoms with Gasteiger partial charge in [0.15, 0.2) is 0 Å². The third-order valence-corrected chi connectivity index (χ3v) is 18.5. The van der Waals surface area contributed by atoms with E-state index in [1.54, 1.807) is 0 Å². The molecule has 0 unspecified atom stereocenters. The monoisotopic (exact) mass is 1200 g/mol. The zero-order valence-electron chi connectivity index (χ0n) is 59.3. The Bertz CT molecular complexity index is 1060. The molecule has 5 nitrogen and oxygen atoms in total. The van der Waals surface area contributed by atoms with Crippen LogP contribution in [0.1, 0.15) is 496 Å². The van der Waals surface area contributed by atoms with Gasteiger partial charge in [0, 0.05) is 12.8 Å². The van der Waals surface area contributed by atoms with Crippen molar-refractivity contribution in [3.63, 3.8) is 0 Å². The van der Waals surface area contributed by atoms with Crippen molar-refractivity contribution in [2.75, 3.05) is 6.54 Å². The van der Waals surface area contributed by atoms with E-state index in [2.05, 4.69) is 20.8 Å². The molecule has 0 radical (unpaired) electrons. The number of unbranched alkanes of at least 4 members (excludes halogenated alkanes) is 69. The van der Waals surface area contributed by atoms with Crippen molar-refractivity contribution in [3.05, 3.63) is 0 Å². The van der Waals surface area contributed by atoms with Crippen molar-refractivity contribution < 1.29 is 19.8 Å². The number of nitrogens with two attached hydrogens (primary N) is 1. The number of aliphatic carboxylic acids is 2. The smallest absolute Gasteiger partial charge is 0.303 e. The minimum Gasteiger partial charge on any atom is -0.481 e. The summed E-state index contributed by atoms with van der Waals surface area (Å²) in [5.41, 5.74) is 5.52. The molecule has 0 saturated carbocycles. The average molecular weight is 1200 g/mol. The Labute approximate surface area is 537 Å². The second-order valence-electron chi connectivity index (χ2n) is 27.5. The van der Waals surface area contributed by atoms with Crippen molar-refractivity contribution in [1.29, 1.82) is 0 Å². The molecule has 0 saturated heterocycles. The SMILES string of the molecule is CCCCCCCCCCCCCCCCCCCCCCCCCCC(=O)O.CCCCCCCCCCCCCCCCCCCCCCCCCCC(=O)O.CCCCCCCCCCCCCCCCCCCCCCCCCCN. The van der Waals surface area contributed by atoms with E-state index in [4.69, 9.17) is 15.9 Å². The maximum absolute atomic E-state index is 10.4. The maximum Gasteiger partial charge on any atom is 0.303 e. The summed E-state index contributed by atoms with van der Waals surface area (Å²) in [6.45, 7) is 7.76. The predicted molar refractivity (Wildman–Crippen MR) is 383 cm³/mol. The zero-order valence-corrected chi connectivity index (χ0v) is 59.3. The van der Waals surface area contributed by atoms with Gasteiger partial charge in [-0.2, -0.15) is 0 Å². The van der Waals surface area contributed by atoms with Crippen LogP contribution in [0.2, 0.25) is 0 Å². The fraction of sp³-hybridized carbons (Fsp3) is 0.975. The molecule has 0 aliphatic carbocycles. The van der Waals surface area contributed by atoms with Gasteiger partial charge >= 0.3 is 11.9 Å². The molecule has 85 heavy (non-hydrogen) atoms. The summed E-state index contributed by atoms with van der Waals surface area (Å²) < 4.78 is 0. The fourth-order valence-electron chi connectivity index (χ4n) is 12.6. The molecule has 0 bridgehead atoms. The highest BCUT2D eigenvalue weighted by Crippen LogP contribution is 2.20. The Kier molecular flexibility index (Phi) is 90.3. The molecule has 0 aromatic carbocycles. The summed E-state index contributed by atoms with van der Waals surface area (Å²) in [6.07, 6.45) is 102. The topological polar surface area (TPSA) is 101 Å². The number of carbonyl (C=O) groups is 2. The second kappa shape index (κ2) is 87.1. The van der Waals surface area contributed by atoms with Crippen LogP contribution < -0.4 is 5.73 Å². The molecule has 0 aliphatic heterocycles. The minimum absolute atomic E-state index is 0.346. The predicted octanol–water partition coefficient (Wildman–Crippen LogP) is 29.0. The third kappa shape index (κ3) is 96.7. The number of hydrogen-bond donors (Lipinski definition) is 3. The standard InChI is InChI=1S/2C27H54O2.C26H55N/c2*1-2-3-4-5-6-7-8-9-10-11-12-13-14-15-16-17-18-19-20-21-22-23-24-25-26-27(28)29;1-2-3-4-5-6-7-8-9-10-11-12-13-14-15-16-17-18-19-20-21-22-23-24-25-26-27/h2*2-26H2,1H3,(H,28,29);2-27H2,1H3. The lowest BCUT2D eigenvalue weighted by Gasteiger charge is -2.04. The van der Waals surface area contributed by atoms with E-state index < -0.39 is 11.9 Å². The van der Waals surface area contributed by atoms with Gasteiger partial charge in [-0.1, -0.05) is 464 Å². The summed E-state index contributed by atoms with van der Waals surface area (Å²) in [5.74, 6) is -1.30. The molecule has 0 aromatic heterocycles. The van der Waals surface area contributed by atoms with Gasteiger partial charge in [-0.3, -0.25) is 9.59 Å². The molecule has 512 valence electrons. The van der Waals surface area contributed by atoms with Crippen molar-refractivity contribution in [2.45, 2.75) is 496 Å². The van der Waals surface area contributed by atoms with Crippen LogP contribution in [-0.4, -0.2) is 28.7 Å². The van der Waals surface area contributed by atoms with Crippen LogP contribution >= 0.6 is 0 Å². The van der Waals surface area contributed by atoms with Gasteiger partial charge in [-0.25, -0.2) is 0 Å². The Hall–Kier alpha value is -1.10. The molecular formula is C80H163NO4. The number of hydrogen-bond acceptors (Lipinski definition) is 3. The van der Waals surface area contributed by atoms with Gasteiger partial charge in [0.25, 0.3) is 0 Å². The van der Waals surface area contributed by atoms with Crippen LogP contribution in [0.15, 0.2) is 0 Å². The highest BCUT2D eigenvalue weighted by molar-refractivity contribution is 5.66. The third-order valence-electron chi connectivity index (χ3n) is 18.5. The Morgan fingerprint density at radius 1 is 0.176 bits per heavy atom. The van der Waals surface area contributed by atoms with Crippen LogP contribution in [0.3, 0.4) is 0 Å². The Morgan fingerprint density at radius 3 is 0.365 bits per heavy atom. The highest BCUT2D eigenvalue weighted by Gasteiger charge is 2.02. The summed E-state index contributed by atoms with van der Waals surface area (Å²) >= 11 is 0. The first-order valence-corrected chi connectivity index (χ1v) is 40.1. The number of rotatable bonds is 74. The normalized spacial score (nSPS) is 11.2. The van der Waals surface area contributed by atoms with Crippen molar-refractivity contribution >= 4 is 11.9 Å². The molecule has 5 heteroatoms. The quantitative estimate of drug-likeness (QED) is 0.0527. The Morgan fingerprint density at radius 2 is 0.271 bits per heavy atom. The van der Waals surface area contributed by atoms with Gasteiger partial charge in [0.2, 0.25) is 0 Å². The summed E-state index contributed by atoms with van der Waals surface area (Å²) in [7, 11) is 0. The first-order valence-electron chi connectivity index (χ1n) is 40.1. The largest absolute Gasteiger partial charge is 0.481 e. The zero-order chi connectivity index (χ0) is 62.2. The van der Waals surface area contributed by atoms with Crippen molar-refractivity contribution in [2.24, 2.45) is 5.73 Å². The van der Waals surface area contributed by atoms with E-state index >= 15 is 0 Å². The van der Waals surface area contributed by atoms with Crippen LogP contribution in [-0.2, 0) is 9.59 Å². The van der Waals surface area contributed by atoms with Gasteiger partial charge in [0.05, 0.1) is 0 Å². The van der Waals surface area contributed by atoms with Gasteiger partial charge in [-0.05, 0) is 25.8 Å². The molecule has 0 heterocycles. The molecule has 0 aromatic rings.